The van der Waals surface area contributed by atoms with Crippen LogP contribution in [0, 0.1) is 0 Å². The lowest BCUT2D eigenvalue weighted by Gasteiger charge is -2.17. The quantitative estimate of drug-likeness (QED) is 0.805. The van der Waals surface area contributed by atoms with Crippen LogP contribution < -0.4 is 0 Å². The molecule has 3 aromatic rings. The molecule has 4 nitrogen and oxygen atoms in total. The third-order valence-corrected chi connectivity index (χ3v) is 4.71. The molecule has 0 amide bonds. The van der Waals surface area contributed by atoms with Crippen molar-refractivity contribution in [3.63, 3.8) is 0 Å². The van der Waals surface area contributed by atoms with E-state index in [-0.39, 0.29) is 6.61 Å². The zero-order valence-corrected chi connectivity index (χ0v) is 13.1. The molecular formula is C19H21N3O. The molecule has 1 aliphatic heterocycles. The molecule has 118 valence electrons. The summed E-state index contributed by atoms with van der Waals surface area (Å²) < 4.78 is 2.18. The van der Waals surface area contributed by atoms with Crippen molar-refractivity contribution in [2.45, 2.75) is 25.6 Å². The van der Waals surface area contributed by atoms with E-state index in [9.17, 15) is 0 Å². The van der Waals surface area contributed by atoms with Gasteiger partial charge in [0.05, 0.1) is 24.4 Å². The van der Waals surface area contributed by atoms with Crippen molar-refractivity contribution in [2.75, 3.05) is 13.1 Å². The van der Waals surface area contributed by atoms with Crippen LogP contribution in [0.3, 0.4) is 0 Å². The van der Waals surface area contributed by atoms with Crippen LogP contribution in [0.15, 0.2) is 54.7 Å². The van der Waals surface area contributed by atoms with Crippen molar-refractivity contribution in [1.29, 1.82) is 0 Å². The van der Waals surface area contributed by atoms with Crippen molar-refractivity contribution in [3.8, 4) is 0 Å². The number of benzene rings is 2. The van der Waals surface area contributed by atoms with Crippen molar-refractivity contribution in [1.82, 2.24) is 14.7 Å². The predicted octanol–water partition coefficient (Wildman–Crippen LogP) is 2.98. The molecule has 1 unspecified atom stereocenters. The molecule has 0 aliphatic carbocycles. The maximum atomic E-state index is 9.12. The van der Waals surface area contributed by atoms with Crippen LogP contribution in [0.2, 0.25) is 0 Å². The summed E-state index contributed by atoms with van der Waals surface area (Å²) in [4.78, 5) is 2.48. The Kier molecular flexibility index (Phi) is 3.85. The second kappa shape index (κ2) is 6.14. The highest BCUT2D eigenvalue weighted by molar-refractivity contribution is 5.78. The first-order chi connectivity index (χ1) is 11.3. The van der Waals surface area contributed by atoms with E-state index in [1.54, 1.807) is 0 Å². The summed E-state index contributed by atoms with van der Waals surface area (Å²) in [5.41, 5.74) is 3.50. The maximum absolute atomic E-state index is 9.12. The molecule has 1 atom stereocenters. The molecule has 1 N–H and O–H groups in total. The van der Waals surface area contributed by atoms with Gasteiger partial charge in [0.2, 0.25) is 0 Å². The highest BCUT2D eigenvalue weighted by Crippen LogP contribution is 2.26. The molecule has 0 spiro atoms. The lowest BCUT2D eigenvalue weighted by atomic mass is 10.1. The van der Waals surface area contributed by atoms with Gasteiger partial charge in [0.1, 0.15) is 0 Å². The first-order valence-electron chi connectivity index (χ1n) is 8.17. The number of fused-ring (bicyclic) bond motifs is 1. The minimum atomic E-state index is 0.110. The molecule has 4 rings (SSSR count). The van der Waals surface area contributed by atoms with Crippen molar-refractivity contribution in [3.05, 3.63) is 65.9 Å². The van der Waals surface area contributed by atoms with Crippen molar-refractivity contribution in [2.24, 2.45) is 0 Å². The first kappa shape index (κ1) is 14.4. The molecule has 0 bridgehead atoms. The Labute approximate surface area is 136 Å². The van der Waals surface area contributed by atoms with Gasteiger partial charge in [0.25, 0.3) is 0 Å². The third-order valence-electron chi connectivity index (χ3n) is 4.71. The van der Waals surface area contributed by atoms with E-state index in [0.29, 0.717) is 6.04 Å². The number of nitrogens with zero attached hydrogens (tertiary/aromatic N) is 3. The van der Waals surface area contributed by atoms with E-state index in [1.165, 1.54) is 16.5 Å². The van der Waals surface area contributed by atoms with Crippen molar-refractivity contribution >= 4 is 10.9 Å². The van der Waals surface area contributed by atoms with Gasteiger partial charge in [-0.1, -0.05) is 42.5 Å². The minimum Gasteiger partial charge on any atom is -0.392 e. The van der Waals surface area contributed by atoms with Gasteiger partial charge in [-0.15, -0.1) is 0 Å². The molecule has 2 heterocycles. The summed E-state index contributed by atoms with van der Waals surface area (Å²) in [6.45, 7) is 3.20. The number of hydrogen-bond acceptors (Lipinski definition) is 3. The van der Waals surface area contributed by atoms with Crippen LogP contribution in [-0.4, -0.2) is 32.9 Å². The Morgan fingerprint density at radius 2 is 1.83 bits per heavy atom. The van der Waals surface area contributed by atoms with E-state index in [1.807, 2.05) is 18.3 Å². The van der Waals surface area contributed by atoms with Gasteiger partial charge in [-0.25, -0.2) is 0 Å². The number of aliphatic hydroxyl groups excluding tert-OH is 1. The van der Waals surface area contributed by atoms with Crippen molar-refractivity contribution < 1.29 is 5.11 Å². The molecule has 0 saturated carbocycles. The summed E-state index contributed by atoms with van der Waals surface area (Å²) in [5.74, 6) is 0. The molecule has 23 heavy (non-hydrogen) atoms. The zero-order chi connectivity index (χ0) is 15.6. The highest BCUT2D eigenvalue weighted by atomic mass is 16.3. The van der Waals surface area contributed by atoms with Crippen LogP contribution in [0.5, 0.6) is 0 Å². The van der Waals surface area contributed by atoms with Crippen LogP contribution in [0.25, 0.3) is 10.9 Å². The Morgan fingerprint density at radius 1 is 1.04 bits per heavy atom. The Bertz CT molecular complexity index is 794. The smallest absolute Gasteiger partial charge is 0.0686 e. The Balaban J connectivity index is 1.46. The number of rotatable bonds is 4. The largest absolute Gasteiger partial charge is 0.392 e. The monoisotopic (exact) mass is 307 g/mol. The standard InChI is InChI=1S/C19H21N3O/c23-14-16-7-5-15(6-8-16)12-21-10-9-18(13-21)22-19-4-2-1-3-17(19)11-20-22/h1-8,11,18,23H,9-10,12-14H2. The average molecular weight is 307 g/mol. The van der Waals surface area contributed by atoms with E-state index >= 15 is 0 Å². The molecule has 1 aromatic heterocycles. The maximum Gasteiger partial charge on any atom is 0.0686 e. The summed E-state index contributed by atoms with van der Waals surface area (Å²) in [6, 6.07) is 17.1. The summed E-state index contributed by atoms with van der Waals surface area (Å²) in [7, 11) is 0. The van der Waals surface area contributed by atoms with Gasteiger partial charge in [0, 0.05) is 25.0 Å². The summed E-state index contributed by atoms with van der Waals surface area (Å²) >= 11 is 0. The highest BCUT2D eigenvalue weighted by Gasteiger charge is 2.25. The molecule has 1 aliphatic rings. The predicted molar refractivity (Wildman–Crippen MR) is 91.0 cm³/mol. The Morgan fingerprint density at radius 3 is 2.65 bits per heavy atom. The number of hydrogen-bond donors (Lipinski definition) is 1. The van der Waals surface area contributed by atoms with Gasteiger partial charge in [-0.2, -0.15) is 5.10 Å². The van der Waals surface area contributed by atoms with Gasteiger partial charge in [-0.3, -0.25) is 9.58 Å². The fourth-order valence-electron chi connectivity index (χ4n) is 3.45. The third kappa shape index (κ3) is 2.87. The van der Waals surface area contributed by atoms with Gasteiger partial charge < -0.3 is 5.11 Å². The van der Waals surface area contributed by atoms with Gasteiger partial charge in [0.15, 0.2) is 0 Å². The summed E-state index contributed by atoms with van der Waals surface area (Å²) in [6.07, 6.45) is 3.10. The normalized spacial score (nSPS) is 18.7. The van der Waals surface area contributed by atoms with Gasteiger partial charge in [-0.05, 0) is 23.6 Å². The number of aliphatic hydroxyl groups is 1. The molecule has 4 heteroatoms. The number of likely N-dealkylation sites (tertiary alicyclic amines) is 1. The topological polar surface area (TPSA) is 41.3 Å². The second-order valence-electron chi connectivity index (χ2n) is 6.30. The second-order valence-corrected chi connectivity index (χ2v) is 6.30. The number of aromatic nitrogens is 2. The SMILES string of the molecule is OCc1ccc(CN2CCC(n3ncc4ccccc43)C2)cc1. The van der Waals surface area contributed by atoms with Crippen LogP contribution in [0.4, 0.5) is 0 Å². The fraction of sp³-hybridized carbons (Fsp3) is 0.316. The zero-order valence-electron chi connectivity index (χ0n) is 13.1. The summed E-state index contributed by atoms with van der Waals surface area (Å²) in [5, 5.41) is 14.9. The van der Waals surface area contributed by atoms with Crippen LogP contribution >= 0.6 is 0 Å². The van der Waals surface area contributed by atoms with E-state index in [0.717, 1.165) is 31.6 Å². The average Bonchev–Trinajstić information content (AvgIpc) is 3.22. The molecular weight excluding hydrogens is 286 g/mol. The number of para-hydroxylation sites is 1. The molecule has 1 saturated heterocycles. The van der Waals surface area contributed by atoms with E-state index in [2.05, 4.69) is 51.1 Å². The fourth-order valence-corrected chi connectivity index (χ4v) is 3.45. The van der Waals surface area contributed by atoms with Gasteiger partial charge >= 0.3 is 0 Å². The molecule has 1 fully saturated rings. The Hall–Kier alpha value is -2.17. The molecule has 2 aromatic carbocycles. The van der Waals surface area contributed by atoms with E-state index < -0.39 is 0 Å². The minimum absolute atomic E-state index is 0.110. The van der Waals surface area contributed by atoms with Crippen LogP contribution in [-0.2, 0) is 13.2 Å². The molecule has 0 radical (unpaired) electrons. The lowest BCUT2D eigenvalue weighted by Crippen LogP contribution is -2.21. The first-order valence-corrected chi connectivity index (χ1v) is 8.17. The lowest BCUT2D eigenvalue weighted by molar-refractivity contribution is 0.281. The van der Waals surface area contributed by atoms with E-state index in [4.69, 9.17) is 5.11 Å². The van der Waals surface area contributed by atoms with Crippen LogP contribution in [0.1, 0.15) is 23.6 Å².